The van der Waals surface area contributed by atoms with Gasteiger partial charge < -0.3 is 15.4 Å². The van der Waals surface area contributed by atoms with Crippen molar-refractivity contribution in [2.24, 2.45) is 5.73 Å². The minimum absolute atomic E-state index is 0.00689. The van der Waals surface area contributed by atoms with Crippen molar-refractivity contribution in [3.8, 4) is 0 Å². The molecule has 0 aromatic rings. The van der Waals surface area contributed by atoms with Gasteiger partial charge in [0, 0.05) is 31.3 Å². The van der Waals surface area contributed by atoms with Crippen molar-refractivity contribution < 1.29 is 4.74 Å². The van der Waals surface area contributed by atoms with E-state index in [1.807, 2.05) is 0 Å². The molecule has 1 aliphatic heterocycles. The second-order valence-electron chi connectivity index (χ2n) is 4.83. The third-order valence-corrected chi connectivity index (χ3v) is 3.79. The van der Waals surface area contributed by atoms with Crippen LogP contribution in [0.4, 0.5) is 0 Å². The molecule has 0 radical (unpaired) electrons. The zero-order valence-electron chi connectivity index (χ0n) is 10.5. The molecule has 0 amide bonds. The number of hydrogen-bond donors (Lipinski definition) is 1. The lowest BCUT2D eigenvalue weighted by atomic mass is 9.92. The molecule has 0 aromatic heterocycles. The van der Waals surface area contributed by atoms with Crippen LogP contribution in [-0.4, -0.2) is 43.3 Å². The van der Waals surface area contributed by atoms with Gasteiger partial charge in [0.15, 0.2) is 0 Å². The number of hydrogen-bond acceptors (Lipinski definition) is 3. The maximum absolute atomic E-state index is 6.33. The predicted molar refractivity (Wildman–Crippen MR) is 64.0 cm³/mol. The smallest absolute Gasteiger partial charge is 0.0480 e. The maximum Gasteiger partial charge on any atom is 0.0480 e. The first-order valence-electron chi connectivity index (χ1n) is 6.18. The first kappa shape index (κ1) is 12.9. The highest BCUT2D eigenvalue weighted by Crippen LogP contribution is 2.18. The average Bonchev–Trinajstić information content (AvgIpc) is 2.30. The summed E-state index contributed by atoms with van der Waals surface area (Å²) < 4.78 is 5.37. The molecular weight excluding hydrogens is 188 g/mol. The van der Waals surface area contributed by atoms with Gasteiger partial charge in [-0.3, -0.25) is 0 Å². The molecule has 0 bridgehead atoms. The molecule has 0 aromatic carbocycles. The standard InChI is InChI=1S/C12H26N2O/c1-4-12(13,5-2)10-14(3)11-6-8-15-9-7-11/h11H,4-10,13H2,1-3H3. The van der Waals surface area contributed by atoms with Crippen molar-refractivity contribution in [3.63, 3.8) is 0 Å². The van der Waals surface area contributed by atoms with E-state index in [0.717, 1.165) is 45.4 Å². The second kappa shape index (κ2) is 5.83. The Kier molecular flexibility index (Phi) is 5.03. The van der Waals surface area contributed by atoms with E-state index in [1.54, 1.807) is 0 Å². The minimum atomic E-state index is -0.00689. The van der Waals surface area contributed by atoms with Crippen LogP contribution >= 0.6 is 0 Å². The monoisotopic (exact) mass is 214 g/mol. The quantitative estimate of drug-likeness (QED) is 0.755. The minimum Gasteiger partial charge on any atom is -0.381 e. The highest BCUT2D eigenvalue weighted by atomic mass is 16.5. The summed E-state index contributed by atoms with van der Waals surface area (Å²) in [5.74, 6) is 0. The molecule has 1 fully saturated rings. The summed E-state index contributed by atoms with van der Waals surface area (Å²) in [6, 6.07) is 0.666. The summed E-state index contributed by atoms with van der Waals surface area (Å²) in [6.45, 7) is 7.18. The van der Waals surface area contributed by atoms with E-state index in [4.69, 9.17) is 10.5 Å². The fourth-order valence-corrected chi connectivity index (χ4v) is 2.23. The normalized spacial score (nSPS) is 19.8. The van der Waals surface area contributed by atoms with Gasteiger partial charge in [0.05, 0.1) is 0 Å². The molecule has 15 heavy (non-hydrogen) atoms. The molecule has 1 heterocycles. The summed E-state index contributed by atoms with van der Waals surface area (Å²) in [5, 5.41) is 0. The second-order valence-corrected chi connectivity index (χ2v) is 4.83. The molecule has 3 heteroatoms. The Labute approximate surface area is 94.0 Å². The van der Waals surface area contributed by atoms with E-state index in [1.165, 1.54) is 0 Å². The van der Waals surface area contributed by atoms with Gasteiger partial charge in [-0.1, -0.05) is 13.8 Å². The van der Waals surface area contributed by atoms with E-state index in [-0.39, 0.29) is 5.54 Å². The highest BCUT2D eigenvalue weighted by Gasteiger charge is 2.26. The van der Waals surface area contributed by atoms with E-state index in [2.05, 4.69) is 25.8 Å². The lowest BCUT2D eigenvalue weighted by Gasteiger charge is -2.37. The van der Waals surface area contributed by atoms with Gasteiger partial charge in [-0.15, -0.1) is 0 Å². The molecular formula is C12H26N2O. The van der Waals surface area contributed by atoms with Gasteiger partial charge in [-0.05, 0) is 32.7 Å². The molecule has 90 valence electrons. The van der Waals surface area contributed by atoms with Gasteiger partial charge in [-0.25, -0.2) is 0 Å². The Bertz CT molecular complexity index is 174. The molecule has 3 nitrogen and oxygen atoms in total. The van der Waals surface area contributed by atoms with Crippen LogP contribution in [-0.2, 0) is 4.74 Å². The van der Waals surface area contributed by atoms with Crippen LogP contribution in [0.2, 0.25) is 0 Å². The van der Waals surface area contributed by atoms with Crippen molar-refractivity contribution in [1.29, 1.82) is 0 Å². The lowest BCUT2D eigenvalue weighted by molar-refractivity contribution is 0.0353. The highest BCUT2D eigenvalue weighted by molar-refractivity contribution is 4.86. The molecule has 0 unspecified atom stereocenters. The van der Waals surface area contributed by atoms with Crippen LogP contribution in [0.5, 0.6) is 0 Å². The summed E-state index contributed by atoms with van der Waals surface area (Å²) in [5.41, 5.74) is 6.32. The zero-order valence-corrected chi connectivity index (χ0v) is 10.5. The van der Waals surface area contributed by atoms with Crippen LogP contribution in [0, 0.1) is 0 Å². The van der Waals surface area contributed by atoms with E-state index < -0.39 is 0 Å². The first-order valence-corrected chi connectivity index (χ1v) is 6.18. The number of ether oxygens (including phenoxy) is 1. The van der Waals surface area contributed by atoms with Crippen LogP contribution in [0.1, 0.15) is 39.5 Å². The molecule has 1 rings (SSSR count). The topological polar surface area (TPSA) is 38.5 Å². The summed E-state index contributed by atoms with van der Waals surface area (Å²) in [7, 11) is 2.20. The number of rotatable bonds is 5. The Balaban J connectivity index is 2.41. The van der Waals surface area contributed by atoms with Crippen LogP contribution < -0.4 is 5.73 Å². The molecule has 0 saturated carbocycles. The Morgan fingerprint density at radius 3 is 2.27 bits per heavy atom. The average molecular weight is 214 g/mol. The Morgan fingerprint density at radius 2 is 1.80 bits per heavy atom. The molecule has 0 atom stereocenters. The summed E-state index contributed by atoms with van der Waals surface area (Å²) in [6.07, 6.45) is 4.41. The Morgan fingerprint density at radius 1 is 1.27 bits per heavy atom. The third-order valence-electron chi connectivity index (χ3n) is 3.79. The lowest BCUT2D eigenvalue weighted by Crippen LogP contribution is -2.51. The van der Waals surface area contributed by atoms with E-state index >= 15 is 0 Å². The molecule has 2 N–H and O–H groups in total. The van der Waals surface area contributed by atoms with Crippen molar-refractivity contribution in [3.05, 3.63) is 0 Å². The van der Waals surface area contributed by atoms with E-state index in [0.29, 0.717) is 6.04 Å². The maximum atomic E-state index is 6.33. The summed E-state index contributed by atoms with van der Waals surface area (Å²) >= 11 is 0. The van der Waals surface area contributed by atoms with Crippen LogP contribution in [0.3, 0.4) is 0 Å². The largest absolute Gasteiger partial charge is 0.381 e. The Hall–Kier alpha value is -0.120. The van der Waals surface area contributed by atoms with Gasteiger partial charge in [0.25, 0.3) is 0 Å². The third kappa shape index (κ3) is 3.74. The van der Waals surface area contributed by atoms with E-state index in [9.17, 15) is 0 Å². The van der Waals surface area contributed by atoms with Crippen molar-refractivity contribution >= 4 is 0 Å². The molecule has 0 spiro atoms. The SMILES string of the molecule is CCC(N)(CC)CN(C)C1CCOCC1. The molecule has 1 saturated heterocycles. The van der Waals surface area contributed by atoms with Crippen molar-refractivity contribution in [1.82, 2.24) is 4.90 Å². The first-order chi connectivity index (χ1) is 7.11. The summed E-state index contributed by atoms with van der Waals surface area (Å²) in [4.78, 5) is 2.43. The predicted octanol–water partition coefficient (Wildman–Crippen LogP) is 1.61. The zero-order chi connectivity index (χ0) is 11.3. The molecule has 1 aliphatic rings. The van der Waals surface area contributed by atoms with Gasteiger partial charge in [-0.2, -0.15) is 0 Å². The van der Waals surface area contributed by atoms with Gasteiger partial charge in [0.2, 0.25) is 0 Å². The molecule has 0 aliphatic carbocycles. The van der Waals surface area contributed by atoms with Gasteiger partial charge >= 0.3 is 0 Å². The van der Waals surface area contributed by atoms with Crippen molar-refractivity contribution in [2.45, 2.75) is 51.1 Å². The van der Waals surface area contributed by atoms with Crippen molar-refractivity contribution in [2.75, 3.05) is 26.8 Å². The number of nitrogens with two attached hydrogens (primary N) is 1. The fourth-order valence-electron chi connectivity index (χ4n) is 2.23. The van der Waals surface area contributed by atoms with Crippen LogP contribution in [0.15, 0.2) is 0 Å². The number of likely N-dealkylation sites (N-methyl/N-ethyl adjacent to an activating group) is 1. The fraction of sp³-hybridized carbons (Fsp3) is 1.00. The number of nitrogens with zero attached hydrogens (tertiary/aromatic N) is 1. The van der Waals surface area contributed by atoms with Crippen LogP contribution in [0.25, 0.3) is 0 Å². The van der Waals surface area contributed by atoms with Gasteiger partial charge in [0.1, 0.15) is 0 Å².